The van der Waals surface area contributed by atoms with Gasteiger partial charge in [0.05, 0.1) is 16.0 Å². The number of halogens is 3. The standard InChI is InChI=1S/C32H36F3NO2S/c1-3-4-5-6-7-8-9-10-12-27-23-30-29(25-17-19-26(20-18-25)32(33,34)35)13-11-14-31(30)36(27)39(37,38)28-21-15-24(2)16-22-28/h11,13-23H,3-10,12H2,1-2H3. The average molecular weight is 556 g/mol. The molecule has 3 aromatic carbocycles. The minimum Gasteiger partial charge on any atom is -0.238 e. The van der Waals surface area contributed by atoms with Crippen molar-refractivity contribution in [2.75, 3.05) is 0 Å². The molecule has 0 unspecified atom stereocenters. The van der Waals surface area contributed by atoms with Gasteiger partial charge in [-0.2, -0.15) is 13.2 Å². The first-order valence-corrected chi connectivity index (χ1v) is 15.2. The van der Waals surface area contributed by atoms with Gasteiger partial charge in [-0.15, -0.1) is 0 Å². The van der Waals surface area contributed by atoms with Gasteiger partial charge in [0.25, 0.3) is 10.0 Å². The topological polar surface area (TPSA) is 39.1 Å². The second kappa shape index (κ2) is 12.4. The fourth-order valence-corrected chi connectivity index (χ4v) is 6.63. The molecule has 0 fully saturated rings. The Balaban J connectivity index is 1.71. The van der Waals surface area contributed by atoms with Crippen molar-refractivity contribution in [3.8, 4) is 11.1 Å². The summed E-state index contributed by atoms with van der Waals surface area (Å²) in [6, 6.07) is 19.1. The number of aromatic nitrogens is 1. The second-order valence-corrected chi connectivity index (χ2v) is 12.0. The first-order chi connectivity index (χ1) is 18.6. The number of alkyl halides is 3. The molecule has 0 radical (unpaired) electrons. The van der Waals surface area contributed by atoms with E-state index in [2.05, 4.69) is 6.92 Å². The lowest BCUT2D eigenvalue weighted by atomic mass is 10.00. The van der Waals surface area contributed by atoms with E-state index in [0.717, 1.165) is 37.0 Å². The lowest BCUT2D eigenvalue weighted by Crippen LogP contribution is -2.15. The van der Waals surface area contributed by atoms with Crippen LogP contribution in [-0.2, 0) is 22.6 Å². The van der Waals surface area contributed by atoms with Crippen molar-refractivity contribution in [3.63, 3.8) is 0 Å². The van der Waals surface area contributed by atoms with Crippen molar-refractivity contribution in [1.29, 1.82) is 0 Å². The third-order valence-electron chi connectivity index (χ3n) is 7.24. The van der Waals surface area contributed by atoms with E-state index in [0.29, 0.717) is 34.1 Å². The van der Waals surface area contributed by atoms with Crippen LogP contribution in [0.15, 0.2) is 77.7 Å². The number of hydrogen-bond donors (Lipinski definition) is 0. The molecule has 1 aromatic heterocycles. The lowest BCUT2D eigenvalue weighted by Gasteiger charge is -2.13. The van der Waals surface area contributed by atoms with E-state index in [1.165, 1.54) is 48.2 Å². The number of benzene rings is 3. The molecule has 0 saturated heterocycles. The van der Waals surface area contributed by atoms with E-state index in [1.807, 2.05) is 19.1 Å². The molecule has 0 aliphatic rings. The monoisotopic (exact) mass is 555 g/mol. The van der Waals surface area contributed by atoms with Crippen molar-refractivity contribution in [1.82, 2.24) is 3.97 Å². The molecule has 0 atom stereocenters. The fraction of sp³-hybridized carbons (Fsp3) is 0.375. The predicted molar refractivity (Wildman–Crippen MR) is 152 cm³/mol. The molecule has 0 bridgehead atoms. The minimum atomic E-state index is -4.42. The van der Waals surface area contributed by atoms with Gasteiger partial charge in [-0.3, -0.25) is 0 Å². The number of unbranched alkanes of at least 4 members (excludes halogenated alkanes) is 7. The first kappa shape index (κ1) is 28.9. The van der Waals surface area contributed by atoms with E-state index in [9.17, 15) is 21.6 Å². The Kier molecular flexibility index (Phi) is 9.21. The van der Waals surface area contributed by atoms with Crippen LogP contribution in [0.25, 0.3) is 22.0 Å². The molecule has 0 spiro atoms. The molecule has 3 nitrogen and oxygen atoms in total. The Morgan fingerprint density at radius 3 is 2.00 bits per heavy atom. The molecule has 0 amide bonds. The Morgan fingerprint density at radius 2 is 1.38 bits per heavy atom. The number of aryl methyl sites for hydroxylation is 2. The predicted octanol–water partition coefficient (Wildman–Crippen LogP) is 9.56. The van der Waals surface area contributed by atoms with Crippen LogP contribution in [-0.4, -0.2) is 12.4 Å². The van der Waals surface area contributed by atoms with Crippen LogP contribution < -0.4 is 0 Å². The van der Waals surface area contributed by atoms with Gasteiger partial charge in [0.15, 0.2) is 0 Å². The number of fused-ring (bicyclic) bond motifs is 1. The molecule has 1 heterocycles. The third-order valence-corrected chi connectivity index (χ3v) is 9.02. The van der Waals surface area contributed by atoms with Crippen molar-refractivity contribution in [2.24, 2.45) is 0 Å². The summed E-state index contributed by atoms with van der Waals surface area (Å²) in [7, 11) is -3.88. The maximum absolute atomic E-state index is 13.9. The zero-order chi connectivity index (χ0) is 28.0. The highest BCUT2D eigenvalue weighted by Gasteiger charge is 2.30. The summed E-state index contributed by atoms with van der Waals surface area (Å²) in [5.74, 6) is 0. The van der Waals surface area contributed by atoms with Gasteiger partial charge in [0.1, 0.15) is 0 Å². The maximum atomic E-state index is 13.9. The quantitative estimate of drug-likeness (QED) is 0.163. The largest absolute Gasteiger partial charge is 0.416 e. The normalized spacial score (nSPS) is 12.3. The summed E-state index contributed by atoms with van der Waals surface area (Å²) in [4.78, 5) is 0.211. The third kappa shape index (κ3) is 6.75. The van der Waals surface area contributed by atoms with Gasteiger partial charge in [0.2, 0.25) is 0 Å². The lowest BCUT2D eigenvalue weighted by molar-refractivity contribution is -0.137. The molecule has 208 valence electrons. The molecule has 0 aliphatic carbocycles. The smallest absolute Gasteiger partial charge is 0.238 e. The summed E-state index contributed by atoms with van der Waals surface area (Å²) < 4.78 is 68.7. The Bertz CT molecular complexity index is 1490. The molecular weight excluding hydrogens is 519 g/mol. The Morgan fingerprint density at radius 1 is 0.769 bits per heavy atom. The highest BCUT2D eigenvalue weighted by atomic mass is 32.2. The summed E-state index contributed by atoms with van der Waals surface area (Å²) in [6.07, 6.45) is 5.33. The molecular formula is C32H36F3NO2S. The van der Waals surface area contributed by atoms with Crippen molar-refractivity contribution in [3.05, 3.63) is 89.6 Å². The molecule has 7 heteroatoms. The van der Waals surface area contributed by atoms with Gasteiger partial charge in [0, 0.05) is 11.1 Å². The average Bonchev–Trinajstić information content (AvgIpc) is 3.29. The maximum Gasteiger partial charge on any atom is 0.416 e. The number of rotatable bonds is 12. The fourth-order valence-electron chi connectivity index (χ4n) is 5.07. The first-order valence-electron chi connectivity index (χ1n) is 13.8. The van der Waals surface area contributed by atoms with E-state index in [1.54, 1.807) is 36.4 Å². The summed E-state index contributed by atoms with van der Waals surface area (Å²) in [5.41, 5.74) is 2.79. The van der Waals surface area contributed by atoms with Gasteiger partial charge >= 0.3 is 6.18 Å². The second-order valence-electron chi connectivity index (χ2n) is 10.3. The SMILES string of the molecule is CCCCCCCCCCc1cc2c(-c3ccc(C(F)(F)F)cc3)cccc2n1S(=O)(=O)c1ccc(C)cc1. The summed E-state index contributed by atoms with van der Waals surface area (Å²) in [5, 5.41) is 0.711. The van der Waals surface area contributed by atoms with Crippen LogP contribution in [0.1, 0.15) is 75.1 Å². The Labute approximate surface area is 229 Å². The van der Waals surface area contributed by atoms with Gasteiger partial charge < -0.3 is 0 Å². The zero-order valence-electron chi connectivity index (χ0n) is 22.6. The molecule has 0 saturated carbocycles. The van der Waals surface area contributed by atoms with Crippen molar-refractivity contribution >= 4 is 20.9 Å². The molecule has 0 N–H and O–H groups in total. The van der Waals surface area contributed by atoms with E-state index < -0.39 is 21.8 Å². The van der Waals surface area contributed by atoms with Crippen LogP contribution in [0, 0.1) is 6.92 Å². The molecule has 4 rings (SSSR count). The van der Waals surface area contributed by atoms with Crippen LogP contribution in [0.3, 0.4) is 0 Å². The van der Waals surface area contributed by atoms with Crippen LogP contribution >= 0.6 is 0 Å². The van der Waals surface area contributed by atoms with Crippen LogP contribution in [0.4, 0.5) is 13.2 Å². The highest BCUT2D eigenvalue weighted by Crippen LogP contribution is 2.36. The van der Waals surface area contributed by atoms with Gasteiger partial charge in [-0.05, 0) is 67.3 Å². The van der Waals surface area contributed by atoms with Gasteiger partial charge in [-0.1, -0.05) is 93.8 Å². The minimum absolute atomic E-state index is 0.211. The number of nitrogens with zero attached hydrogens (tertiary/aromatic N) is 1. The Hall–Kier alpha value is -3.06. The molecule has 39 heavy (non-hydrogen) atoms. The highest BCUT2D eigenvalue weighted by molar-refractivity contribution is 7.90. The summed E-state index contributed by atoms with van der Waals surface area (Å²) >= 11 is 0. The van der Waals surface area contributed by atoms with E-state index >= 15 is 0 Å². The number of hydrogen-bond acceptors (Lipinski definition) is 2. The molecule has 4 aromatic rings. The van der Waals surface area contributed by atoms with Crippen LogP contribution in [0.2, 0.25) is 0 Å². The zero-order valence-corrected chi connectivity index (χ0v) is 23.4. The van der Waals surface area contributed by atoms with Crippen molar-refractivity contribution < 1.29 is 21.6 Å². The van der Waals surface area contributed by atoms with Gasteiger partial charge in [-0.25, -0.2) is 12.4 Å². The van der Waals surface area contributed by atoms with Crippen molar-refractivity contribution in [2.45, 2.75) is 82.7 Å². The summed E-state index contributed by atoms with van der Waals surface area (Å²) in [6.45, 7) is 4.11. The van der Waals surface area contributed by atoms with Crippen LogP contribution in [0.5, 0.6) is 0 Å². The van der Waals surface area contributed by atoms with E-state index in [4.69, 9.17) is 0 Å². The molecule has 0 aliphatic heterocycles. The van der Waals surface area contributed by atoms with E-state index in [-0.39, 0.29) is 4.90 Å².